The van der Waals surface area contributed by atoms with Crippen molar-refractivity contribution in [3.05, 3.63) is 0 Å². The lowest BCUT2D eigenvalue weighted by Crippen LogP contribution is -2.34. The van der Waals surface area contributed by atoms with Crippen LogP contribution < -0.4 is 5.43 Å². The fourth-order valence-electron chi connectivity index (χ4n) is 0.315. The van der Waals surface area contributed by atoms with Gasteiger partial charge in [-0.2, -0.15) is 0 Å². The lowest BCUT2D eigenvalue weighted by molar-refractivity contribution is -0.122. The molecule has 1 N–H and O–H groups in total. The molecule has 0 aliphatic heterocycles. The molecular weight excluding hydrogens is 128 g/mol. The van der Waals surface area contributed by atoms with Crippen LogP contribution in [0.3, 0.4) is 0 Å². The zero-order valence-corrected chi connectivity index (χ0v) is 6.08. The van der Waals surface area contributed by atoms with Crippen molar-refractivity contribution in [3.8, 4) is 0 Å². The Bertz CT molecular complexity index is 74.4. The minimum absolute atomic E-state index is 0. The Hall–Kier alpha value is -0.280. The summed E-state index contributed by atoms with van der Waals surface area (Å²) >= 11 is 0. The number of carbonyl (C=O) groups excluding carboxylic acids is 1. The topological polar surface area (TPSA) is 32.3 Å². The van der Waals surface area contributed by atoms with E-state index in [0.29, 0.717) is 0 Å². The number of rotatable bonds is 1. The van der Waals surface area contributed by atoms with Crippen LogP contribution in [0.4, 0.5) is 0 Å². The van der Waals surface area contributed by atoms with Gasteiger partial charge in [0.15, 0.2) is 0 Å². The molecule has 0 atom stereocenters. The molecule has 0 aromatic carbocycles. The quantitative estimate of drug-likeness (QED) is 0.519. The second-order valence-corrected chi connectivity index (χ2v) is 1.56. The molecule has 0 rings (SSSR count). The summed E-state index contributed by atoms with van der Waals surface area (Å²) in [6.07, 6.45) is 0. The maximum atomic E-state index is 10.1. The van der Waals surface area contributed by atoms with Crippen LogP contribution >= 0.6 is 12.4 Å². The maximum absolute atomic E-state index is 10.1. The average Bonchev–Trinajstić information content (AvgIpc) is 1.27. The molecule has 0 unspecified atom stereocenters. The van der Waals surface area contributed by atoms with Crippen LogP contribution in [-0.4, -0.2) is 25.0 Å². The number of amides is 1. The van der Waals surface area contributed by atoms with Crippen molar-refractivity contribution in [3.63, 3.8) is 0 Å². The van der Waals surface area contributed by atoms with Crippen LogP contribution in [0, 0.1) is 0 Å². The second kappa shape index (κ2) is 4.87. The Morgan fingerprint density at radius 3 is 1.88 bits per heavy atom. The van der Waals surface area contributed by atoms with Gasteiger partial charge in [0.05, 0.1) is 0 Å². The van der Waals surface area contributed by atoms with Gasteiger partial charge < -0.3 is 0 Å². The van der Waals surface area contributed by atoms with E-state index in [1.165, 1.54) is 6.92 Å². The molecule has 0 fully saturated rings. The van der Waals surface area contributed by atoms with Crippen molar-refractivity contribution in [1.29, 1.82) is 0 Å². The van der Waals surface area contributed by atoms with E-state index < -0.39 is 0 Å². The van der Waals surface area contributed by atoms with E-state index >= 15 is 0 Å². The maximum Gasteiger partial charge on any atom is 0.231 e. The van der Waals surface area contributed by atoms with Gasteiger partial charge in [-0.1, -0.05) is 0 Å². The summed E-state index contributed by atoms with van der Waals surface area (Å²) in [5.74, 6) is -0.0370. The SMILES string of the molecule is CC(=O)NN(C)C.Cl. The first-order valence-electron chi connectivity index (χ1n) is 2.07. The van der Waals surface area contributed by atoms with Crippen molar-refractivity contribution in [2.24, 2.45) is 0 Å². The van der Waals surface area contributed by atoms with Crippen molar-refractivity contribution in [1.82, 2.24) is 10.4 Å². The summed E-state index contributed by atoms with van der Waals surface area (Å²) in [6.45, 7) is 1.47. The van der Waals surface area contributed by atoms with Gasteiger partial charge in [-0.15, -0.1) is 12.4 Å². The minimum Gasteiger partial charge on any atom is -0.290 e. The van der Waals surface area contributed by atoms with Crippen molar-refractivity contribution < 1.29 is 4.79 Å². The van der Waals surface area contributed by atoms with Gasteiger partial charge in [0.25, 0.3) is 0 Å². The average molecular weight is 139 g/mol. The molecule has 50 valence electrons. The highest BCUT2D eigenvalue weighted by molar-refractivity contribution is 5.85. The minimum atomic E-state index is -0.0370. The first-order chi connectivity index (χ1) is 3.13. The molecule has 0 aromatic heterocycles. The first-order valence-corrected chi connectivity index (χ1v) is 2.07. The summed E-state index contributed by atoms with van der Waals surface area (Å²) in [5.41, 5.74) is 2.50. The van der Waals surface area contributed by atoms with Gasteiger partial charge in [0.2, 0.25) is 5.91 Å². The molecule has 0 spiro atoms. The Morgan fingerprint density at radius 2 is 1.88 bits per heavy atom. The molecular formula is C4H11ClN2O. The van der Waals surface area contributed by atoms with Crippen LogP contribution in [0.2, 0.25) is 0 Å². The molecule has 0 radical (unpaired) electrons. The van der Waals surface area contributed by atoms with E-state index in [1.807, 2.05) is 0 Å². The Balaban J connectivity index is 0. The fourth-order valence-corrected chi connectivity index (χ4v) is 0.315. The normalized spacial score (nSPS) is 8.00. The second-order valence-electron chi connectivity index (χ2n) is 1.56. The van der Waals surface area contributed by atoms with E-state index in [9.17, 15) is 4.79 Å². The highest BCUT2D eigenvalue weighted by Gasteiger charge is 1.87. The van der Waals surface area contributed by atoms with Gasteiger partial charge in [0.1, 0.15) is 0 Å². The van der Waals surface area contributed by atoms with E-state index in [-0.39, 0.29) is 18.3 Å². The number of halogens is 1. The monoisotopic (exact) mass is 138 g/mol. The molecule has 8 heavy (non-hydrogen) atoms. The van der Waals surface area contributed by atoms with Gasteiger partial charge >= 0.3 is 0 Å². The molecule has 3 nitrogen and oxygen atoms in total. The summed E-state index contributed by atoms with van der Waals surface area (Å²) in [4.78, 5) is 10.1. The zero-order valence-electron chi connectivity index (χ0n) is 5.26. The van der Waals surface area contributed by atoms with Crippen LogP contribution in [0.1, 0.15) is 6.92 Å². The molecule has 0 aromatic rings. The molecule has 0 bridgehead atoms. The van der Waals surface area contributed by atoms with Crippen molar-refractivity contribution in [2.75, 3.05) is 14.1 Å². The Labute approximate surface area is 55.4 Å². The fraction of sp³-hybridized carbons (Fsp3) is 0.750. The predicted octanol–water partition coefficient (Wildman–Crippen LogP) is 0.0209. The number of hydrogen-bond acceptors (Lipinski definition) is 2. The number of nitrogens with zero attached hydrogens (tertiary/aromatic N) is 1. The lowest BCUT2D eigenvalue weighted by atomic mass is 10.7. The molecule has 4 heteroatoms. The smallest absolute Gasteiger partial charge is 0.231 e. The van der Waals surface area contributed by atoms with E-state index in [4.69, 9.17) is 0 Å². The number of nitrogens with one attached hydrogen (secondary N) is 1. The molecule has 1 amide bonds. The number of hydrazine groups is 1. The van der Waals surface area contributed by atoms with Crippen LogP contribution in [0.5, 0.6) is 0 Å². The third-order valence-corrected chi connectivity index (χ3v) is 0.381. The van der Waals surface area contributed by atoms with Crippen LogP contribution in [0.25, 0.3) is 0 Å². The van der Waals surface area contributed by atoms with E-state index in [0.717, 1.165) is 0 Å². The van der Waals surface area contributed by atoms with Crippen LogP contribution in [0.15, 0.2) is 0 Å². The lowest BCUT2D eigenvalue weighted by Gasteiger charge is -2.07. The summed E-state index contributed by atoms with van der Waals surface area (Å²) in [7, 11) is 3.53. The first kappa shape index (κ1) is 10.7. The predicted molar refractivity (Wildman–Crippen MR) is 34.8 cm³/mol. The standard InChI is InChI=1S/C4H10N2O.ClH/c1-4(7)5-6(2)3;/h1-3H3,(H,5,7);1H. The van der Waals surface area contributed by atoms with Crippen LogP contribution in [-0.2, 0) is 4.79 Å². The van der Waals surface area contributed by atoms with E-state index in [1.54, 1.807) is 19.1 Å². The molecule has 0 saturated carbocycles. The van der Waals surface area contributed by atoms with Gasteiger partial charge in [-0.05, 0) is 0 Å². The van der Waals surface area contributed by atoms with Crippen molar-refractivity contribution in [2.45, 2.75) is 6.92 Å². The zero-order chi connectivity index (χ0) is 5.86. The molecule has 0 saturated heterocycles. The summed E-state index contributed by atoms with van der Waals surface area (Å²) in [5, 5.41) is 1.60. The largest absolute Gasteiger partial charge is 0.290 e. The van der Waals surface area contributed by atoms with Gasteiger partial charge in [0, 0.05) is 21.0 Å². The molecule has 0 aliphatic rings. The number of carbonyl (C=O) groups is 1. The van der Waals surface area contributed by atoms with Gasteiger partial charge in [-0.3, -0.25) is 10.2 Å². The third kappa shape index (κ3) is 9.21. The van der Waals surface area contributed by atoms with E-state index in [2.05, 4.69) is 5.43 Å². The Kier molecular flexibility index (Phi) is 6.48. The summed E-state index contributed by atoms with van der Waals surface area (Å²) in [6, 6.07) is 0. The summed E-state index contributed by atoms with van der Waals surface area (Å²) < 4.78 is 0. The Morgan fingerprint density at radius 1 is 1.50 bits per heavy atom. The number of hydrogen-bond donors (Lipinski definition) is 1. The highest BCUT2D eigenvalue weighted by atomic mass is 35.5. The van der Waals surface area contributed by atoms with Crippen molar-refractivity contribution >= 4 is 18.3 Å². The third-order valence-electron chi connectivity index (χ3n) is 0.381. The van der Waals surface area contributed by atoms with Gasteiger partial charge in [-0.25, -0.2) is 5.01 Å². The molecule has 0 heterocycles. The highest BCUT2D eigenvalue weighted by Crippen LogP contribution is 1.61. The molecule has 0 aliphatic carbocycles.